The Morgan fingerprint density at radius 1 is 1.14 bits per heavy atom. The summed E-state index contributed by atoms with van der Waals surface area (Å²) in [6.45, 7) is 3.49. The second-order valence-corrected chi connectivity index (χ2v) is 6.76. The molecule has 0 unspecified atom stereocenters. The molecule has 4 rings (SSSR count). The minimum Gasteiger partial charge on any atom is -0.379 e. The highest BCUT2D eigenvalue weighted by Gasteiger charge is 2.30. The molecule has 1 aliphatic rings. The molecule has 1 aromatic heterocycles. The fraction of sp³-hybridized carbons (Fsp3) is 0.300. The fourth-order valence-corrected chi connectivity index (χ4v) is 3.19. The van der Waals surface area contributed by atoms with Gasteiger partial charge in [0.2, 0.25) is 0 Å². The van der Waals surface area contributed by atoms with Gasteiger partial charge in [0.25, 0.3) is 5.91 Å². The van der Waals surface area contributed by atoms with Crippen LogP contribution in [0, 0.1) is 0 Å². The largest absolute Gasteiger partial charge is 0.416 e. The summed E-state index contributed by atoms with van der Waals surface area (Å²) < 4.78 is 49.3. The Hall–Kier alpha value is -2.91. The molecule has 1 fully saturated rings. The topological polar surface area (TPSA) is 67.6 Å². The number of amides is 1. The van der Waals surface area contributed by atoms with Crippen molar-refractivity contribution in [2.24, 2.45) is 0 Å². The van der Waals surface area contributed by atoms with Crippen LogP contribution >= 0.6 is 0 Å². The number of nitrogens with zero attached hydrogens (tertiary/aromatic N) is 2. The normalized spacial score (nSPS) is 15.6. The van der Waals surface area contributed by atoms with Crippen LogP contribution in [0.3, 0.4) is 0 Å². The molecule has 0 spiro atoms. The number of hydrogen-bond donors (Lipinski definition) is 1. The first-order chi connectivity index (χ1) is 13.9. The Kier molecular flexibility index (Phi) is 5.25. The zero-order chi connectivity index (χ0) is 20.4. The maximum Gasteiger partial charge on any atom is 0.416 e. The molecule has 1 aliphatic heterocycles. The van der Waals surface area contributed by atoms with Gasteiger partial charge in [-0.2, -0.15) is 13.2 Å². The third kappa shape index (κ3) is 4.41. The van der Waals surface area contributed by atoms with Gasteiger partial charge in [0.1, 0.15) is 5.69 Å². The van der Waals surface area contributed by atoms with Crippen molar-refractivity contribution in [3.05, 3.63) is 59.3 Å². The third-order valence-electron chi connectivity index (χ3n) is 4.73. The number of benzene rings is 2. The zero-order valence-corrected chi connectivity index (χ0v) is 15.3. The number of ether oxygens (including phenoxy) is 1. The molecule has 0 radical (unpaired) electrons. The molecule has 9 heteroatoms. The Balaban J connectivity index is 1.53. The van der Waals surface area contributed by atoms with E-state index < -0.39 is 17.6 Å². The number of hydrogen-bond acceptors (Lipinski definition) is 5. The predicted octanol–water partition coefficient (Wildman–Crippen LogP) is 3.93. The van der Waals surface area contributed by atoms with Crippen LogP contribution in [-0.2, 0) is 17.5 Å². The number of carbonyl (C=O) groups is 1. The number of aromatic nitrogens is 1. The first-order valence-electron chi connectivity index (χ1n) is 9.07. The van der Waals surface area contributed by atoms with Gasteiger partial charge in [-0.3, -0.25) is 9.69 Å². The molecule has 0 atom stereocenters. The van der Waals surface area contributed by atoms with Crippen LogP contribution in [0.2, 0.25) is 0 Å². The predicted molar refractivity (Wildman–Crippen MR) is 99.5 cm³/mol. The van der Waals surface area contributed by atoms with Gasteiger partial charge in [0.05, 0.1) is 18.8 Å². The molecule has 0 saturated carbocycles. The van der Waals surface area contributed by atoms with Gasteiger partial charge in [-0.15, -0.1) is 0 Å². The van der Waals surface area contributed by atoms with E-state index in [0.29, 0.717) is 31.0 Å². The standard InChI is InChI=1S/C20H18F3N3O3/c21-20(22,23)14-3-1-2-13(10-14)19(27)24-15-4-5-18-16(11-15)17(25-29-18)12-26-6-8-28-9-7-26/h1-5,10-11H,6-9,12H2,(H,24,27). The molecule has 29 heavy (non-hydrogen) atoms. The number of nitrogens with one attached hydrogen (secondary N) is 1. The van der Waals surface area contributed by atoms with Crippen LogP contribution in [0.4, 0.5) is 18.9 Å². The molecule has 6 nitrogen and oxygen atoms in total. The van der Waals surface area contributed by atoms with Crippen LogP contribution in [0.5, 0.6) is 0 Å². The number of fused-ring (bicyclic) bond motifs is 1. The summed E-state index contributed by atoms with van der Waals surface area (Å²) in [5.41, 5.74) is 0.819. The lowest BCUT2D eigenvalue weighted by Gasteiger charge is -2.25. The summed E-state index contributed by atoms with van der Waals surface area (Å²) in [5.74, 6) is -0.623. The molecule has 152 valence electrons. The number of alkyl halides is 3. The van der Waals surface area contributed by atoms with Crippen LogP contribution in [-0.4, -0.2) is 42.3 Å². The Bertz CT molecular complexity index is 1030. The van der Waals surface area contributed by atoms with Crippen LogP contribution in [0.1, 0.15) is 21.6 Å². The molecular formula is C20H18F3N3O3. The molecule has 1 saturated heterocycles. The summed E-state index contributed by atoms with van der Waals surface area (Å²) in [6, 6.07) is 9.32. The first kappa shape index (κ1) is 19.4. The average molecular weight is 405 g/mol. The number of morpholine rings is 1. The molecule has 0 bridgehead atoms. The maximum absolute atomic E-state index is 12.9. The summed E-state index contributed by atoms with van der Waals surface area (Å²) >= 11 is 0. The highest BCUT2D eigenvalue weighted by Crippen LogP contribution is 2.30. The quantitative estimate of drug-likeness (QED) is 0.713. The second kappa shape index (κ2) is 7.84. The smallest absolute Gasteiger partial charge is 0.379 e. The van der Waals surface area contributed by atoms with Gasteiger partial charge in [-0.05, 0) is 36.4 Å². The molecular weight excluding hydrogens is 387 g/mol. The van der Waals surface area contributed by atoms with E-state index in [9.17, 15) is 18.0 Å². The summed E-state index contributed by atoms with van der Waals surface area (Å²) in [4.78, 5) is 14.6. The fourth-order valence-electron chi connectivity index (χ4n) is 3.19. The number of anilines is 1. The first-order valence-corrected chi connectivity index (χ1v) is 9.07. The van der Waals surface area contributed by atoms with Crippen LogP contribution in [0.15, 0.2) is 47.0 Å². The van der Waals surface area contributed by atoms with E-state index in [1.807, 2.05) is 0 Å². The lowest BCUT2D eigenvalue weighted by atomic mass is 10.1. The van der Waals surface area contributed by atoms with Gasteiger partial charge >= 0.3 is 6.18 Å². The minimum atomic E-state index is -4.51. The Morgan fingerprint density at radius 2 is 1.93 bits per heavy atom. The van der Waals surface area contributed by atoms with Gasteiger partial charge in [0.15, 0.2) is 5.58 Å². The lowest BCUT2D eigenvalue weighted by Crippen LogP contribution is -2.35. The Labute approximate surface area is 164 Å². The van der Waals surface area contributed by atoms with E-state index in [1.54, 1.807) is 18.2 Å². The molecule has 1 amide bonds. The second-order valence-electron chi connectivity index (χ2n) is 6.76. The van der Waals surface area contributed by atoms with Crippen molar-refractivity contribution in [1.82, 2.24) is 10.1 Å². The van der Waals surface area contributed by atoms with E-state index in [-0.39, 0.29) is 5.56 Å². The molecule has 1 N–H and O–H groups in total. The summed E-state index contributed by atoms with van der Waals surface area (Å²) in [6.07, 6.45) is -4.51. The van der Waals surface area contributed by atoms with Crippen molar-refractivity contribution in [2.75, 3.05) is 31.6 Å². The van der Waals surface area contributed by atoms with Crippen molar-refractivity contribution in [3.8, 4) is 0 Å². The Morgan fingerprint density at radius 3 is 2.69 bits per heavy atom. The highest BCUT2D eigenvalue weighted by molar-refractivity contribution is 6.05. The number of carbonyl (C=O) groups excluding carboxylic acids is 1. The SMILES string of the molecule is O=C(Nc1ccc2onc(CN3CCOCC3)c2c1)c1cccc(C(F)(F)F)c1. The molecule has 3 aromatic rings. The minimum absolute atomic E-state index is 0.0706. The zero-order valence-electron chi connectivity index (χ0n) is 15.3. The van der Waals surface area contributed by atoms with Crippen molar-refractivity contribution in [1.29, 1.82) is 0 Å². The lowest BCUT2D eigenvalue weighted by molar-refractivity contribution is -0.137. The van der Waals surface area contributed by atoms with Crippen molar-refractivity contribution in [2.45, 2.75) is 12.7 Å². The van der Waals surface area contributed by atoms with Crippen molar-refractivity contribution in [3.63, 3.8) is 0 Å². The van der Waals surface area contributed by atoms with Crippen molar-refractivity contribution >= 4 is 22.6 Å². The summed E-state index contributed by atoms with van der Waals surface area (Å²) in [7, 11) is 0. The van der Waals surface area contributed by atoms with E-state index in [2.05, 4.69) is 15.4 Å². The average Bonchev–Trinajstić information content (AvgIpc) is 3.10. The van der Waals surface area contributed by atoms with Crippen LogP contribution < -0.4 is 5.32 Å². The molecule has 2 heterocycles. The van der Waals surface area contributed by atoms with Gasteiger partial charge < -0.3 is 14.6 Å². The van der Waals surface area contributed by atoms with Crippen molar-refractivity contribution < 1.29 is 27.2 Å². The maximum atomic E-state index is 12.9. The van der Waals surface area contributed by atoms with Gasteiger partial charge in [-0.1, -0.05) is 11.2 Å². The number of halogens is 3. The summed E-state index contributed by atoms with van der Waals surface area (Å²) in [5, 5.41) is 7.50. The van der Waals surface area contributed by atoms with E-state index in [4.69, 9.17) is 9.26 Å². The van der Waals surface area contributed by atoms with E-state index >= 15 is 0 Å². The van der Waals surface area contributed by atoms with Gasteiger partial charge in [0, 0.05) is 36.3 Å². The number of rotatable bonds is 4. The van der Waals surface area contributed by atoms with E-state index in [1.165, 1.54) is 12.1 Å². The van der Waals surface area contributed by atoms with Gasteiger partial charge in [-0.25, -0.2) is 0 Å². The van der Waals surface area contributed by atoms with Crippen LogP contribution in [0.25, 0.3) is 11.0 Å². The van der Waals surface area contributed by atoms with E-state index in [0.717, 1.165) is 36.3 Å². The molecule has 0 aliphatic carbocycles. The monoisotopic (exact) mass is 405 g/mol. The highest BCUT2D eigenvalue weighted by atomic mass is 19.4. The molecule has 2 aromatic carbocycles. The third-order valence-corrected chi connectivity index (χ3v) is 4.73.